The summed E-state index contributed by atoms with van der Waals surface area (Å²) in [5.41, 5.74) is 28.1. The molecule has 0 aromatic carbocycles. The third kappa shape index (κ3) is 7.35. The molecular formula is C60H64. The van der Waals surface area contributed by atoms with Gasteiger partial charge in [-0.1, -0.05) is 204 Å². The molecule has 60 heavy (non-hydrogen) atoms. The van der Waals surface area contributed by atoms with Gasteiger partial charge in [0.15, 0.2) is 0 Å². The highest BCUT2D eigenvalue weighted by atomic mass is 14.5. The van der Waals surface area contributed by atoms with Gasteiger partial charge in [-0.05, 0) is 159 Å². The molecule has 0 heteroatoms. The first-order valence-electron chi connectivity index (χ1n) is 22.4. The van der Waals surface area contributed by atoms with Gasteiger partial charge in [0.1, 0.15) is 0 Å². The van der Waals surface area contributed by atoms with Crippen molar-refractivity contribution in [3.63, 3.8) is 0 Å². The molecule has 8 bridgehead atoms. The van der Waals surface area contributed by atoms with Crippen LogP contribution in [0.2, 0.25) is 0 Å². The van der Waals surface area contributed by atoms with Crippen molar-refractivity contribution in [2.24, 2.45) is 0 Å². The van der Waals surface area contributed by atoms with Crippen LogP contribution in [0.4, 0.5) is 0 Å². The van der Waals surface area contributed by atoms with E-state index in [4.69, 9.17) is 0 Å². The smallest absolute Gasteiger partial charge is 0.00132 e. The number of hydrogen-bond acceptors (Lipinski definition) is 0. The molecule has 0 radical (unpaired) electrons. The van der Waals surface area contributed by atoms with Crippen LogP contribution in [0, 0.1) is 0 Å². The Labute approximate surface area is 361 Å². The molecule has 0 fully saturated rings. The first kappa shape index (κ1) is 40.2. The SMILES string of the molecule is CC(C)(C)c1ccc2c3cc(c-2cc1)[13CH2]c1cc(c2ccc(C(C)(C)C)ccc1-2)[13CH2]c1cc(c2ccc(C(C)(C)C)ccc1-2)[13CH2]c1cc(c2ccc(C(C)(C)C)ccc1-2)[13CH2]3. The van der Waals surface area contributed by atoms with E-state index in [0.29, 0.717) is 0 Å². The van der Waals surface area contributed by atoms with E-state index in [0.717, 1.165) is 25.7 Å². The van der Waals surface area contributed by atoms with Crippen molar-refractivity contribution in [3.05, 3.63) is 188 Å². The maximum atomic E-state index is 2.56. The third-order valence-corrected chi connectivity index (χ3v) is 13.7. The lowest BCUT2D eigenvalue weighted by molar-refractivity contribution is 0.590. The second-order valence-corrected chi connectivity index (χ2v) is 22.3. The van der Waals surface area contributed by atoms with Crippen molar-refractivity contribution >= 4 is 0 Å². The minimum absolute atomic E-state index is 0.0613. The van der Waals surface area contributed by atoms with Crippen LogP contribution in [0.5, 0.6) is 0 Å². The third-order valence-electron chi connectivity index (χ3n) is 13.7. The van der Waals surface area contributed by atoms with Crippen LogP contribution in [-0.2, 0) is 47.3 Å². The summed E-state index contributed by atoms with van der Waals surface area (Å²) in [5, 5.41) is 0. The van der Waals surface area contributed by atoms with Crippen molar-refractivity contribution in [1.29, 1.82) is 0 Å². The van der Waals surface area contributed by atoms with E-state index < -0.39 is 0 Å². The Hall–Kier alpha value is -5.20. The Morgan fingerprint density at radius 1 is 0.217 bits per heavy atom. The van der Waals surface area contributed by atoms with Crippen LogP contribution in [0.15, 0.2) is 121 Å². The molecule has 0 aromatic heterocycles. The van der Waals surface area contributed by atoms with Gasteiger partial charge < -0.3 is 0 Å². The lowest BCUT2D eigenvalue weighted by Gasteiger charge is -2.17. The fraction of sp³-hybridized carbons (Fsp3) is 0.333. The number of hydrogen-bond donors (Lipinski definition) is 0. The molecule has 0 N–H and O–H groups in total. The van der Waals surface area contributed by atoms with E-state index in [2.05, 4.69) is 204 Å². The Balaban J connectivity index is 1.33. The van der Waals surface area contributed by atoms with E-state index >= 15 is 0 Å². The maximum Gasteiger partial charge on any atom is -0.00132 e. The zero-order chi connectivity index (χ0) is 42.5. The average molecular weight is 789 g/mol. The minimum Gasteiger partial charge on any atom is -0.0579 e. The van der Waals surface area contributed by atoms with Crippen LogP contribution in [0.3, 0.4) is 0 Å². The summed E-state index contributed by atoms with van der Waals surface area (Å²) in [5.74, 6) is 0. The highest BCUT2D eigenvalue weighted by Gasteiger charge is 2.27. The highest BCUT2D eigenvalue weighted by Crippen LogP contribution is 2.46. The molecule has 304 valence electrons. The molecule has 0 amide bonds. The van der Waals surface area contributed by atoms with Gasteiger partial charge in [-0.25, -0.2) is 0 Å². The molecule has 0 saturated heterocycles. The van der Waals surface area contributed by atoms with Crippen molar-refractivity contribution in [2.45, 2.75) is 130 Å². The molecule has 9 aliphatic carbocycles. The summed E-state index contributed by atoms with van der Waals surface area (Å²) in [6.45, 7) is 27.9. The second kappa shape index (κ2) is 14.2. The molecule has 0 atom stereocenters. The average Bonchev–Trinajstić information content (AvgIpc) is 3.53. The van der Waals surface area contributed by atoms with Crippen LogP contribution < -0.4 is 0 Å². The lowest BCUT2D eigenvalue weighted by Crippen LogP contribution is -2.09. The van der Waals surface area contributed by atoms with E-state index in [1.165, 1.54) is 111 Å². The minimum atomic E-state index is 0.0613. The zero-order valence-corrected chi connectivity index (χ0v) is 38.4. The van der Waals surface area contributed by atoms with E-state index in [1.807, 2.05) is 0 Å². The van der Waals surface area contributed by atoms with Gasteiger partial charge in [0.2, 0.25) is 0 Å². The summed E-state index contributed by atoms with van der Waals surface area (Å²) in [7, 11) is 0. The van der Waals surface area contributed by atoms with Gasteiger partial charge in [-0.3, -0.25) is 0 Å². The number of rotatable bonds is 0. The van der Waals surface area contributed by atoms with Gasteiger partial charge in [0.25, 0.3) is 0 Å². The molecule has 0 aromatic rings. The normalized spacial score (nSPS) is 14.1. The molecule has 0 nitrogen and oxygen atoms in total. The van der Waals surface area contributed by atoms with Crippen molar-refractivity contribution in [1.82, 2.24) is 0 Å². The molecular weight excluding hydrogens is 725 g/mol. The molecule has 0 saturated carbocycles. The summed E-state index contributed by atoms with van der Waals surface area (Å²) in [4.78, 5) is 0. The van der Waals surface area contributed by atoms with E-state index in [1.54, 1.807) is 0 Å². The van der Waals surface area contributed by atoms with Crippen LogP contribution in [0.25, 0.3) is 44.5 Å². The molecule has 0 heterocycles. The Morgan fingerprint density at radius 3 is 0.467 bits per heavy atom. The summed E-state index contributed by atoms with van der Waals surface area (Å²) >= 11 is 0. The van der Waals surface area contributed by atoms with Gasteiger partial charge in [-0.15, -0.1) is 0 Å². The van der Waals surface area contributed by atoms with Crippen LogP contribution in [0.1, 0.15) is 150 Å². The fourth-order valence-corrected chi connectivity index (χ4v) is 10.0. The summed E-state index contributed by atoms with van der Waals surface area (Å²) in [6.07, 6.45) is 3.57. The molecule has 9 aliphatic rings. The van der Waals surface area contributed by atoms with E-state index in [-0.39, 0.29) is 21.7 Å². The second-order valence-electron chi connectivity index (χ2n) is 22.3. The standard InChI is InChI=1S/C60H64/c1-57(2,3)45-13-21-49-37-29-38(50(49)22-14-45)34-40-31-42(54-26-18-47(59(7,8)9)16-24-52(40)54)36-44-32-43(55-27-19-48(60(10,11)12)20-28-56(44)55)35-41-30-39(33-37)51-23-15-46(58(4,5)6)17-25-53(41)51/h13-32H,33-36H2,1-12H3/i33+1,34+1,35+1,36+1. The molecule has 0 spiro atoms. The predicted octanol–water partition coefficient (Wildman–Crippen LogP) is 16.0. The van der Waals surface area contributed by atoms with Gasteiger partial charge in [-0.2, -0.15) is 0 Å². The Bertz CT molecular complexity index is 2240. The van der Waals surface area contributed by atoms with Gasteiger partial charge in [0.05, 0.1) is 0 Å². The lowest BCUT2D eigenvalue weighted by atomic mass is 9.88. The fourth-order valence-electron chi connectivity index (χ4n) is 10.0. The van der Waals surface area contributed by atoms with Gasteiger partial charge in [0, 0.05) is 0 Å². The van der Waals surface area contributed by atoms with Gasteiger partial charge >= 0.3 is 0 Å². The molecule has 0 unspecified atom stereocenters. The quantitative estimate of drug-likeness (QED) is 0.134. The van der Waals surface area contributed by atoms with E-state index in [9.17, 15) is 0 Å². The zero-order valence-electron chi connectivity index (χ0n) is 38.4. The summed E-state index contributed by atoms with van der Waals surface area (Å²) in [6, 6.07) is 48.7. The molecule has 0 aliphatic heterocycles. The Morgan fingerprint density at radius 2 is 0.350 bits per heavy atom. The highest BCUT2D eigenvalue weighted by molar-refractivity contribution is 5.84. The predicted molar refractivity (Wildman–Crippen MR) is 258 cm³/mol. The molecule has 9 rings (SSSR count). The summed E-state index contributed by atoms with van der Waals surface area (Å²) < 4.78 is 0. The first-order valence-corrected chi connectivity index (χ1v) is 22.4. The largest absolute Gasteiger partial charge is 0.0579 e. The number of fused-ring (bicyclic) bond motifs is 20. The monoisotopic (exact) mass is 789 g/mol. The van der Waals surface area contributed by atoms with Crippen LogP contribution >= 0.6 is 0 Å². The first-order chi connectivity index (χ1) is 28.2. The van der Waals surface area contributed by atoms with Crippen molar-refractivity contribution < 1.29 is 0 Å². The topological polar surface area (TPSA) is 0 Å². The maximum absolute atomic E-state index is 2.56. The van der Waals surface area contributed by atoms with Crippen LogP contribution in [-0.4, -0.2) is 0 Å². The van der Waals surface area contributed by atoms with Crippen molar-refractivity contribution in [3.8, 4) is 44.5 Å². The van der Waals surface area contributed by atoms with Crippen molar-refractivity contribution in [2.75, 3.05) is 0 Å². The Kier molecular flexibility index (Phi) is 9.51.